The summed E-state index contributed by atoms with van der Waals surface area (Å²) in [6.07, 6.45) is 8.83. The van der Waals surface area contributed by atoms with Crippen molar-refractivity contribution in [1.29, 1.82) is 0 Å². The largest absolute Gasteiger partial charge is 0.461 e. The molecule has 0 bridgehead atoms. The fourth-order valence-corrected chi connectivity index (χ4v) is 7.02. The van der Waals surface area contributed by atoms with E-state index in [1.54, 1.807) is 12.1 Å². The molecular weight excluding hydrogens is 621 g/mol. The highest BCUT2D eigenvalue weighted by molar-refractivity contribution is 9.12. The van der Waals surface area contributed by atoms with Crippen molar-refractivity contribution >= 4 is 62.5 Å². The summed E-state index contributed by atoms with van der Waals surface area (Å²) in [6, 6.07) is 6.50. The maximum atomic E-state index is 13.4. The van der Waals surface area contributed by atoms with Gasteiger partial charge in [-0.3, -0.25) is 14.6 Å². The van der Waals surface area contributed by atoms with Gasteiger partial charge in [0, 0.05) is 43.0 Å². The van der Waals surface area contributed by atoms with Crippen LogP contribution >= 0.6 is 39.1 Å². The van der Waals surface area contributed by atoms with Gasteiger partial charge in [-0.25, -0.2) is 4.79 Å². The van der Waals surface area contributed by atoms with Crippen molar-refractivity contribution in [2.24, 2.45) is 5.41 Å². The predicted molar refractivity (Wildman–Crippen MR) is 156 cm³/mol. The van der Waals surface area contributed by atoms with Crippen LogP contribution in [0.5, 0.6) is 0 Å². The summed E-state index contributed by atoms with van der Waals surface area (Å²) in [5.41, 5.74) is 1.81. The monoisotopic (exact) mass is 649 g/mol. The highest BCUT2D eigenvalue weighted by Crippen LogP contribution is 2.53. The van der Waals surface area contributed by atoms with Gasteiger partial charge in [0.25, 0.3) is 5.91 Å². The average molecular weight is 651 g/mol. The number of anilines is 1. The van der Waals surface area contributed by atoms with Gasteiger partial charge in [-0.15, -0.1) is 0 Å². The highest BCUT2D eigenvalue weighted by atomic mass is 79.9. The Kier molecular flexibility index (Phi) is 9.14. The molecule has 1 atom stereocenters. The molecular formula is C29H30BrCl2N3O5. The molecule has 1 aromatic heterocycles. The lowest BCUT2D eigenvalue weighted by molar-refractivity contribution is -0.155. The van der Waals surface area contributed by atoms with Gasteiger partial charge in [-0.1, -0.05) is 54.6 Å². The first-order valence-electron chi connectivity index (χ1n) is 13.5. The maximum absolute atomic E-state index is 13.4. The number of hydrogen-bond acceptors (Lipinski definition) is 7. The predicted octanol–water partition coefficient (Wildman–Crippen LogP) is 6.00. The number of ketones is 1. The number of pyridine rings is 1. The third-order valence-electron chi connectivity index (χ3n) is 7.83. The van der Waals surface area contributed by atoms with E-state index in [2.05, 4.69) is 31.5 Å². The number of carbonyl (C=O) groups excluding carboxylic acids is 3. The molecule has 212 valence electrons. The number of aromatic nitrogens is 1. The van der Waals surface area contributed by atoms with Crippen molar-refractivity contribution in [2.75, 3.05) is 18.5 Å². The Labute approximate surface area is 251 Å². The van der Waals surface area contributed by atoms with E-state index in [9.17, 15) is 14.4 Å². The number of nitrogens with zero attached hydrogens (tertiary/aromatic N) is 1. The smallest absolute Gasteiger partial charge is 0.329 e. The number of nitrogens with one attached hydrogen (secondary N) is 2. The first kappa shape index (κ1) is 29.0. The van der Waals surface area contributed by atoms with Gasteiger partial charge >= 0.3 is 5.97 Å². The lowest BCUT2D eigenvalue weighted by atomic mass is 9.62. The normalized spacial score (nSPS) is 19.6. The molecule has 0 unspecified atom stereocenters. The number of halogens is 3. The molecule has 1 spiro atoms. The van der Waals surface area contributed by atoms with Gasteiger partial charge in [0.05, 0.1) is 38.7 Å². The highest BCUT2D eigenvalue weighted by Gasteiger charge is 2.54. The van der Waals surface area contributed by atoms with Gasteiger partial charge in [-0.2, -0.15) is 0 Å². The van der Waals surface area contributed by atoms with Crippen LogP contribution in [-0.2, 0) is 25.5 Å². The molecule has 1 aromatic carbocycles. The lowest BCUT2D eigenvalue weighted by Gasteiger charge is -2.46. The lowest BCUT2D eigenvalue weighted by Crippen LogP contribution is -2.54. The second-order valence-electron chi connectivity index (χ2n) is 10.4. The van der Waals surface area contributed by atoms with Gasteiger partial charge in [0.15, 0.2) is 5.78 Å². The Morgan fingerprint density at radius 3 is 2.38 bits per heavy atom. The summed E-state index contributed by atoms with van der Waals surface area (Å²) in [7, 11) is 0. The number of ether oxygens (including phenoxy) is 2. The number of allylic oxidation sites excluding steroid dienone is 2. The minimum atomic E-state index is -0.688. The molecule has 5 rings (SSSR count). The van der Waals surface area contributed by atoms with E-state index < -0.39 is 17.4 Å². The fraction of sp³-hybridized carbons (Fsp3) is 0.448. The Morgan fingerprint density at radius 1 is 1.07 bits per heavy atom. The molecule has 1 aliphatic heterocycles. The van der Waals surface area contributed by atoms with Crippen LogP contribution in [0.3, 0.4) is 0 Å². The summed E-state index contributed by atoms with van der Waals surface area (Å²) in [6.45, 7) is 1.13. The number of rotatable bonds is 8. The summed E-state index contributed by atoms with van der Waals surface area (Å²) >= 11 is 15.7. The number of Topliss-reactive ketones (excluding diaryl/α,β-unsaturated/α-hetero) is 1. The van der Waals surface area contributed by atoms with Crippen LogP contribution in [0.2, 0.25) is 10.0 Å². The van der Waals surface area contributed by atoms with Crippen molar-refractivity contribution in [3.05, 3.63) is 68.0 Å². The quantitative estimate of drug-likeness (QED) is 0.337. The van der Waals surface area contributed by atoms with Gasteiger partial charge in [-0.05, 0) is 46.5 Å². The van der Waals surface area contributed by atoms with Crippen molar-refractivity contribution in [2.45, 2.75) is 63.5 Å². The molecule has 40 heavy (non-hydrogen) atoms. The second kappa shape index (κ2) is 12.6. The van der Waals surface area contributed by atoms with Crippen molar-refractivity contribution in [3.8, 4) is 0 Å². The first-order chi connectivity index (χ1) is 19.3. The molecule has 0 radical (unpaired) electrons. The second-order valence-corrected chi connectivity index (χ2v) is 12.0. The molecule has 1 saturated heterocycles. The van der Waals surface area contributed by atoms with E-state index in [0.717, 1.165) is 43.4 Å². The van der Waals surface area contributed by atoms with E-state index >= 15 is 0 Å². The molecule has 1 amide bonds. The molecule has 2 aromatic rings. The number of amides is 1. The van der Waals surface area contributed by atoms with Crippen LogP contribution in [0, 0.1) is 5.41 Å². The fourth-order valence-electron chi connectivity index (χ4n) is 5.61. The molecule has 1 saturated carbocycles. The molecule has 2 aliphatic carbocycles. The van der Waals surface area contributed by atoms with E-state index in [-0.39, 0.29) is 33.5 Å². The molecule has 8 nitrogen and oxygen atoms in total. The van der Waals surface area contributed by atoms with Gasteiger partial charge in [0.2, 0.25) is 0 Å². The number of hydrogen-bond donors (Lipinski definition) is 2. The summed E-state index contributed by atoms with van der Waals surface area (Å²) in [5.74, 6) is -0.695. The minimum Gasteiger partial charge on any atom is -0.461 e. The molecule has 2 N–H and O–H groups in total. The van der Waals surface area contributed by atoms with Crippen LogP contribution in [0.1, 0.15) is 60.9 Å². The van der Waals surface area contributed by atoms with Gasteiger partial charge in [0.1, 0.15) is 12.1 Å². The number of benzene rings is 1. The standard InChI is InChI=1S/C29H30BrCl2N3O5/c30-24-25(29(26(24)36)10-2-1-3-11-29)35-22(28(38)40-19-8-12-39-13-9-19)14-17-4-6-18(7-5-17)34-27(37)23-20(31)15-33-16-21(23)32/h4-7,15-16,19,22,35H,1-3,8-14H2,(H,34,37)/t22-/m0/s1. The van der Waals surface area contributed by atoms with Crippen molar-refractivity contribution in [1.82, 2.24) is 10.3 Å². The van der Waals surface area contributed by atoms with Crippen molar-refractivity contribution < 1.29 is 23.9 Å². The van der Waals surface area contributed by atoms with Crippen LogP contribution in [-0.4, -0.2) is 48.0 Å². The zero-order chi connectivity index (χ0) is 28.3. The number of carbonyl (C=O) groups is 3. The topological polar surface area (TPSA) is 107 Å². The van der Waals surface area contributed by atoms with E-state index in [1.165, 1.54) is 12.4 Å². The van der Waals surface area contributed by atoms with Gasteiger partial charge < -0.3 is 20.1 Å². The minimum absolute atomic E-state index is 0.112. The van der Waals surface area contributed by atoms with Crippen LogP contribution in [0.15, 0.2) is 46.8 Å². The first-order valence-corrected chi connectivity index (χ1v) is 15.0. The molecule has 2 fully saturated rings. The third kappa shape index (κ3) is 6.08. The Morgan fingerprint density at radius 2 is 1.73 bits per heavy atom. The average Bonchev–Trinajstić information content (AvgIpc) is 2.96. The van der Waals surface area contributed by atoms with E-state index in [4.69, 9.17) is 32.7 Å². The molecule has 11 heteroatoms. The summed E-state index contributed by atoms with van der Waals surface area (Å²) < 4.78 is 11.8. The third-order valence-corrected chi connectivity index (χ3v) is 9.16. The zero-order valence-electron chi connectivity index (χ0n) is 21.8. The van der Waals surface area contributed by atoms with E-state index in [1.807, 2.05) is 12.1 Å². The summed E-state index contributed by atoms with van der Waals surface area (Å²) in [4.78, 5) is 43.0. The SMILES string of the molecule is O=C(Nc1ccc(C[C@H](NC2=C(Br)C(=O)C23CCCCC3)C(=O)OC2CCOCC2)cc1)c1c(Cl)cncc1Cl. The number of esters is 1. The summed E-state index contributed by atoms with van der Waals surface area (Å²) in [5, 5.41) is 6.52. The maximum Gasteiger partial charge on any atom is 0.329 e. The Balaban J connectivity index is 1.32. The van der Waals surface area contributed by atoms with Crippen LogP contribution < -0.4 is 10.6 Å². The molecule has 2 heterocycles. The molecule has 3 aliphatic rings. The van der Waals surface area contributed by atoms with Crippen LogP contribution in [0.25, 0.3) is 0 Å². The Bertz CT molecular complexity index is 1300. The van der Waals surface area contributed by atoms with E-state index in [0.29, 0.717) is 42.6 Å². The van der Waals surface area contributed by atoms with Crippen molar-refractivity contribution in [3.63, 3.8) is 0 Å². The zero-order valence-corrected chi connectivity index (χ0v) is 24.9. The Hall–Kier alpha value is -2.46. The van der Waals surface area contributed by atoms with Crippen LogP contribution in [0.4, 0.5) is 5.69 Å².